The van der Waals surface area contributed by atoms with E-state index in [1.807, 2.05) is 0 Å². The first kappa shape index (κ1) is 15.3. The lowest BCUT2D eigenvalue weighted by molar-refractivity contribution is -0.387. The monoisotopic (exact) mass is 298 g/mol. The maximum absolute atomic E-state index is 13.5. The van der Waals surface area contributed by atoms with Gasteiger partial charge in [-0.3, -0.25) is 14.9 Å². The summed E-state index contributed by atoms with van der Waals surface area (Å²) in [6.07, 6.45) is 0.898. The van der Waals surface area contributed by atoms with Crippen LogP contribution < -0.4 is 5.32 Å². The van der Waals surface area contributed by atoms with Crippen LogP contribution in [-0.2, 0) is 4.74 Å². The van der Waals surface area contributed by atoms with Gasteiger partial charge in [0.15, 0.2) is 0 Å². The van der Waals surface area contributed by atoms with Gasteiger partial charge >= 0.3 is 5.69 Å². The first-order valence-corrected chi connectivity index (χ1v) is 6.42. The zero-order chi connectivity index (χ0) is 15.5. The van der Waals surface area contributed by atoms with Gasteiger partial charge in [-0.05, 0) is 25.0 Å². The van der Waals surface area contributed by atoms with Crippen molar-refractivity contribution >= 4 is 11.6 Å². The van der Waals surface area contributed by atoms with Gasteiger partial charge in [-0.15, -0.1) is 0 Å². The quantitative estimate of drug-likeness (QED) is 0.638. The van der Waals surface area contributed by atoms with Crippen LogP contribution in [0.5, 0.6) is 0 Å². The molecule has 0 radical (unpaired) electrons. The van der Waals surface area contributed by atoms with Crippen LogP contribution in [0.4, 0.5) is 10.1 Å². The summed E-state index contributed by atoms with van der Waals surface area (Å²) in [6, 6.07) is 2.94. The number of aliphatic hydroxyl groups excluding tert-OH is 1. The molecular weight excluding hydrogens is 283 g/mol. The summed E-state index contributed by atoms with van der Waals surface area (Å²) >= 11 is 0. The van der Waals surface area contributed by atoms with E-state index in [4.69, 9.17) is 4.74 Å². The SMILES string of the molecule is O=C(NC1(CO)CCOCC1)c1ccc([N+](=O)[O-])c(F)c1. The predicted octanol–water partition coefficient (Wildman–Crippen LogP) is 1.01. The van der Waals surface area contributed by atoms with Crippen LogP contribution in [0.25, 0.3) is 0 Å². The second kappa shape index (κ2) is 6.15. The maximum Gasteiger partial charge on any atom is 0.304 e. The Balaban J connectivity index is 2.16. The highest BCUT2D eigenvalue weighted by Gasteiger charge is 2.34. The van der Waals surface area contributed by atoms with Gasteiger partial charge in [0.1, 0.15) is 0 Å². The Kier molecular flexibility index (Phi) is 4.49. The summed E-state index contributed by atoms with van der Waals surface area (Å²) in [7, 11) is 0. The Labute approximate surface area is 119 Å². The molecule has 0 aromatic heterocycles. The molecule has 114 valence electrons. The van der Waals surface area contributed by atoms with E-state index in [9.17, 15) is 24.4 Å². The van der Waals surface area contributed by atoms with Gasteiger partial charge in [0.25, 0.3) is 5.91 Å². The van der Waals surface area contributed by atoms with E-state index in [1.165, 1.54) is 6.07 Å². The van der Waals surface area contributed by atoms with Crippen molar-refractivity contribution in [2.45, 2.75) is 18.4 Å². The lowest BCUT2D eigenvalue weighted by atomic mass is 9.90. The summed E-state index contributed by atoms with van der Waals surface area (Å²) in [5.74, 6) is -1.66. The van der Waals surface area contributed by atoms with Gasteiger partial charge < -0.3 is 15.2 Å². The van der Waals surface area contributed by atoms with E-state index in [0.717, 1.165) is 12.1 Å². The summed E-state index contributed by atoms with van der Waals surface area (Å²) in [6.45, 7) is 0.572. The zero-order valence-corrected chi connectivity index (χ0v) is 11.2. The van der Waals surface area contributed by atoms with Crippen LogP contribution in [0, 0.1) is 15.9 Å². The number of nitro benzene ring substituents is 1. The number of ether oxygens (including phenoxy) is 1. The molecule has 1 amide bonds. The number of aliphatic hydroxyl groups is 1. The lowest BCUT2D eigenvalue weighted by Gasteiger charge is -2.36. The summed E-state index contributed by atoms with van der Waals surface area (Å²) in [4.78, 5) is 21.8. The Morgan fingerprint density at radius 3 is 2.67 bits per heavy atom. The molecule has 2 rings (SSSR count). The molecule has 1 saturated heterocycles. The Morgan fingerprint density at radius 1 is 1.48 bits per heavy atom. The van der Waals surface area contributed by atoms with Gasteiger partial charge in [-0.25, -0.2) is 0 Å². The van der Waals surface area contributed by atoms with Crippen molar-refractivity contribution in [3.63, 3.8) is 0 Å². The van der Waals surface area contributed by atoms with Gasteiger partial charge in [-0.1, -0.05) is 0 Å². The number of rotatable bonds is 4. The van der Waals surface area contributed by atoms with Crippen LogP contribution in [0.2, 0.25) is 0 Å². The summed E-state index contributed by atoms with van der Waals surface area (Å²) in [5.41, 5.74) is -1.51. The largest absolute Gasteiger partial charge is 0.394 e. The fraction of sp³-hybridized carbons (Fsp3) is 0.462. The molecule has 1 aromatic rings. The minimum absolute atomic E-state index is 0.0302. The van der Waals surface area contributed by atoms with Crippen molar-refractivity contribution in [2.75, 3.05) is 19.8 Å². The van der Waals surface area contributed by atoms with Crippen LogP contribution in [0.3, 0.4) is 0 Å². The highest BCUT2D eigenvalue weighted by atomic mass is 19.1. The van der Waals surface area contributed by atoms with Gasteiger partial charge in [0.2, 0.25) is 5.82 Å². The number of carbonyl (C=O) groups excluding carboxylic acids is 1. The Hall–Kier alpha value is -2.06. The van der Waals surface area contributed by atoms with E-state index >= 15 is 0 Å². The van der Waals surface area contributed by atoms with E-state index < -0.39 is 27.9 Å². The minimum atomic E-state index is -1.07. The highest BCUT2D eigenvalue weighted by molar-refractivity contribution is 5.95. The molecule has 1 aliphatic rings. The number of nitro groups is 1. The summed E-state index contributed by atoms with van der Waals surface area (Å²) in [5, 5.41) is 22.7. The maximum atomic E-state index is 13.5. The molecule has 0 saturated carbocycles. The molecule has 2 N–H and O–H groups in total. The molecule has 1 aromatic carbocycles. The molecule has 0 bridgehead atoms. The standard InChI is InChI=1S/C13H15FN2O5/c14-10-7-9(1-2-11(10)16(19)20)12(18)15-13(8-17)3-5-21-6-4-13/h1-2,7,17H,3-6,8H2,(H,15,18). The average molecular weight is 298 g/mol. The molecule has 0 atom stereocenters. The van der Waals surface area contributed by atoms with E-state index in [1.54, 1.807) is 0 Å². The molecule has 1 heterocycles. The number of benzene rings is 1. The third-order valence-electron chi connectivity index (χ3n) is 3.54. The highest BCUT2D eigenvalue weighted by Crippen LogP contribution is 2.22. The Bertz CT molecular complexity index is 557. The molecule has 7 nitrogen and oxygen atoms in total. The van der Waals surface area contributed by atoms with E-state index in [0.29, 0.717) is 26.1 Å². The number of hydrogen-bond donors (Lipinski definition) is 2. The molecule has 21 heavy (non-hydrogen) atoms. The van der Waals surface area contributed by atoms with Crippen LogP contribution in [-0.4, -0.2) is 41.3 Å². The van der Waals surface area contributed by atoms with Crippen LogP contribution in [0.15, 0.2) is 18.2 Å². The van der Waals surface area contributed by atoms with Crippen molar-refractivity contribution in [1.29, 1.82) is 0 Å². The lowest BCUT2D eigenvalue weighted by Crippen LogP contribution is -2.54. The van der Waals surface area contributed by atoms with Crippen LogP contribution >= 0.6 is 0 Å². The van der Waals surface area contributed by atoms with E-state index in [-0.39, 0.29) is 12.2 Å². The molecule has 8 heteroatoms. The Morgan fingerprint density at radius 2 is 2.14 bits per heavy atom. The molecule has 1 aliphatic heterocycles. The van der Waals surface area contributed by atoms with Gasteiger partial charge in [0.05, 0.1) is 17.1 Å². The van der Waals surface area contributed by atoms with E-state index in [2.05, 4.69) is 5.32 Å². The summed E-state index contributed by atoms with van der Waals surface area (Å²) < 4.78 is 18.7. The second-order valence-corrected chi connectivity index (χ2v) is 4.93. The van der Waals surface area contributed by atoms with Crippen molar-refractivity contribution < 1.29 is 24.0 Å². The van der Waals surface area contributed by atoms with Crippen LogP contribution in [0.1, 0.15) is 23.2 Å². The first-order chi connectivity index (χ1) is 9.97. The third kappa shape index (κ3) is 3.34. The average Bonchev–Trinajstić information content (AvgIpc) is 2.47. The van der Waals surface area contributed by atoms with Crippen molar-refractivity contribution in [2.24, 2.45) is 0 Å². The van der Waals surface area contributed by atoms with Gasteiger partial charge in [0, 0.05) is 24.8 Å². The molecule has 0 unspecified atom stereocenters. The van der Waals surface area contributed by atoms with Crippen molar-refractivity contribution in [3.05, 3.63) is 39.7 Å². The zero-order valence-electron chi connectivity index (χ0n) is 11.2. The number of nitrogens with one attached hydrogen (secondary N) is 1. The van der Waals surface area contributed by atoms with Gasteiger partial charge in [-0.2, -0.15) is 4.39 Å². The second-order valence-electron chi connectivity index (χ2n) is 4.93. The normalized spacial score (nSPS) is 17.2. The fourth-order valence-corrected chi connectivity index (χ4v) is 2.19. The predicted molar refractivity (Wildman–Crippen MR) is 70.4 cm³/mol. The van der Waals surface area contributed by atoms with Crippen molar-refractivity contribution in [3.8, 4) is 0 Å². The molecule has 0 aliphatic carbocycles. The van der Waals surface area contributed by atoms with Crippen molar-refractivity contribution in [1.82, 2.24) is 5.32 Å². The number of nitrogens with zero attached hydrogens (tertiary/aromatic N) is 1. The number of carbonyl (C=O) groups is 1. The fourth-order valence-electron chi connectivity index (χ4n) is 2.19. The number of hydrogen-bond acceptors (Lipinski definition) is 5. The number of halogens is 1. The molecule has 1 fully saturated rings. The molecular formula is C13H15FN2O5. The third-order valence-corrected chi connectivity index (χ3v) is 3.54. The smallest absolute Gasteiger partial charge is 0.304 e. The minimum Gasteiger partial charge on any atom is -0.394 e. The molecule has 0 spiro atoms. The first-order valence-electron chi connectivity index (χ1n) is 6.42. The topological polar surface area (TPSA) is 102 Å². The number of amides is 1.